The van der Waals surface area contributed by atoms with Gasteiger partial charge < -0.3 is 0 Å². The molecule has 1 heterocycles. The van der Waals surface area contributed by atoms with Gasteiger partial charge in [0.15, 0.2) is 11.6 Å². The third kappa shape index (κ3) is 3.02. The number of hydrogen-bond acceptors (Lipinski definition) is 3. The molecule has 0 bridgehead atoms. The molecule has 0 fully saturated rings. The average Bonchev–Trinajstić information content (AvgIpc) is 2.92. The highest BCUT2D eigenvalue weighted by atomic mass is 35.5. The zero-order valence-corrected chi connectivity index (χ0v) is 16.7. The molecule has 0 aliphatic heterocycles. The third-order valence-corrected chi connectivity index (χ3v) is 5.32. The van der Waals surface area contributed by atoms with Gasteiger partial charge in [-0.2, -0.15) is 9.97 Å². The van der Waals surface area contributed by atoms with Gasteiger partial charge in [0.05, 0.1) is 9.60 Å². The monoisotopic (exact) mass is 424 g/mol. The second-order valence-corrected chi connectivity index (χ2v) is 7.28. The molecule has 4 heteroatoms. The minimum atomic E-state index is -0.531. The number of rotatable bonds is 2. The molecular formula is C27H16ClN3. The molecule has 31 heavy (non-hydrogen) atoms. The Kier molecular flexibility index (Phi) is 2.80. The van der Waals surface area contributed by atoms with E-state index in [1.807, 2.05) is 54.6 Å². The van der Waals surface area contributed by atoms with E-state index in [9.17, 15) is 0 Å². The average molecular weight is 425 g/mol. The summed E-state index contributed by atoms with van der Waals surface area (Å²) in [6.07, 6.45) is 0. The topological polar surface area (TPSA) is 38.7 Å². The van der Waals surface area contributed by atoms with Crippen LogP contribution in [0.25, 0.3) is 55.1 Å². The van der Waals surface area contributed by atoms with Gasteiger partial charge in [0.25, 0.3) is 0 Å². The number of benzene rings is 5. The molecule has 5 aromatic carbocycles. The first-order chi connectivity index (χ1) is 18.2. The normalized spacial score (nSPS) is 14.5. The highest BCUT2D eigenvalue weighted by Crippen LogP contribution is 2.35. The summed E-state index contributed by atoms with van der Waals surface area (Å²) in [7, 11) is 0. The number of nitrogens with zero attached hydrogens (tertiary/aromatic N) is 3. The molecule has 0 aliphatic carbocycles. The summed E-state index contributed by atoms with van der Waals surface area (Å²) in [5.74, 6) is 0.0857. The van der Waals surface area contributed by atoms with E-state index in [0.717, 1.165) is 21.5 Å². The third-order valence-electron chi connectivity index (χ3n) is 5.15. The van der Waals surface area contributed by atoms with E-state index < -0.39 is 42.3 Å². The molecular weight excluding hydrogens is 402 g/mol. The van der Waals surface area contributed by atoms with Crippen molar-refractivity contribution in [2.75, 3.05) is 0 Å². The van der Waals surface area contributed by atoms with Crippen molar-refractivity contribution in [3.63, 3.8) is 0 Å². The molecule has 6 aromatic rings. The molecule has 6 rings (SSSR count). The Balaban J connectivity index is 1.73. The Hall–Kier alpha value is -3.82. The van der Waals surface area contributed by atoms with Crippen molar-refractivity contribution < 1.29 is 9.60 Å². The lowest BCUT2D eigenvalue weighted by atomic mass is 9.97. The highest BCUT2D eigenvalue weighted by Gasteiger charge is 2.15. The van der Waals surface area contributed by atoms with Crippen molar-refractivity contribution >= 4 is 43.9 Å². The van der Waals surface area contributed by atoms with Crippen LogP contribution in [0, 0.1) is 0 Å². The van der Waals surface area contributed by atoms with Crippen LogP contribution < -0.4 is 0 Å². The fourth-order valence-electron chi connectivity index (χ4n) is 3.80. The second-order valence-electron chi connectivity index (χ2n) is 6.94. The quantitative estimate of drug-likeness (QED) is 0.273. The van der Waals surface area contributed by atoms with Crippen LogP contribution in [-0.2, 0) is 0 Å². The Morgan fingerprint density at radius 3 is 2.13 bits per heavy atom. The van der Waals surface area contributed by atoms with Crippen LogP contribution in [0.5, 0.6) is 0 Å². The zero-order chi connectivity index (χ0) is 26.9. The first-order valence-corrected chi connectivity index (χ1v) is 9.89. The lowest BCUT2D eigenvalue weighted by Crippen LogP contribution is -1.98. The van der Waals surface area contributed by atoms with E-state index in [1.165, 1.54) is 0 Å². The van der Waals surface area contributed by atoms with Gasteiger partial charge in [0, 0.05) is 11.1 Å². The smallest absolute Gasteiger partial charge is 0.208 e. The van der Waals surface area contributed by atoms with E-state index in [0.29, 0.717) is 5.56 Å². The van der Waals surface area contributed by atoms with Gasteiger partial charge >= 0.3 is 0 Å². The number of halogens is 1. The van der Waals surface area contributed by atoms with Crippen molar-refractivity contribution in [2.45, 2.75) is 0 Å². The minimum absolute atomic E-state index is 0.108. The van der Waals surface area contributed by atoms with Gasteiger partial charge in [0.2, 0.25) is 5.28 Å². The largest absolute Gasteiger partial charge is 0.226 e. The van der Waals surface area contributed by atoms with Gasteiger partial charge in [-0.1, -0.05) is 90.8 Å². The molecule has 0 unspecified atom stereocenters. The number of hydrogen-bond donors (Lipinski definition) is 0. The molecule has 0 saturated carbocycles. The summed E-state index contributed by atoms with van der Waals surface area (Å²) in [5, 5.41) is 3.36. The summed E-state index contributed by atoms with van der Waals surface area (Å²) in [6.45, 7) is 0. The fourth-order valence-corrected chi connectivity index (χ4v) is 3.96. The van der Waals surface area contributed by atoms with Gasteiger partial charge in [-0.25, -0.2) is 4.98 Å². The van der Waals surface area contributed by atoms with E-state index in [1.54, 1.807) is 0 Å². The summed E-state index contributed by atoms with van der Waals surface area (Å²) in [4.78, 5) is 13.2. The summed E-state index contributed by atoms with van der Waals surface area (Å²) < 4.78 is 58.4. The van der Waals surface area contributed by atoms with Crippen molar-refractivity contribution in [2.24, 2.45) is 0 Å². The van der Waals surface area contributed by atoms with Crippen LogP contribution in [0.1, 0.15) is 9.60 Å². The van der Waals surface area contributed by atoms with Crippen molar-refractivity contribution in [1.29, 1.82) is 0 Å². The van der Waals surface area contributed by atoms with Crippen LogP contribution in [0.2, 0.25) is 5.28 Å². The minimum Gasteiger partial charge on any atom is -0.208 e. The fraction of sp³-hybridized carbons (Fsp3) is 0. The Bertz CT molecular complexity index is 1970. The van der Waals surface area contributed by atoms with E-state index in [4.69, 9.17) is 21.2 Å². The maximum Gasteiger partial charge on any atom is 0.226 e. The van der Waals surface area contributed by atoms with Crippen LogP contribution in [0.4, 0.5) is 0 Å². The van der Waals surface area contributed by atoms with E-state index >= 15 is 0 Å². The van der Waals surface area contributed by atoms with Crippen LogP contribution in [0.15, 0.2) is 96.9 Å². The van der Waals surface area contributed by atoms with Gasteiger partial charge in [0.1, 0.15) is 0 Å². The van der Waals surface area contributed by atoms with Gasteiger partial charge in [-0.05, 0) is 50.0 Å². The SMILES string of the molecule is [2H]c1c([2H])c([2H])c2c(-c3nc(Cl)nc(-c4cc5ccccc5c5ccccc45)n3)c([2H])c([2H])c([2H])c2c1[2H]. The molecule has 1 aromatic heterocycles. The molecule has 0 spiro atoms. The van der Waals surface area contributed by atoms with E-state index in [2.05, 4.69) is 15.0 Å². The molecule has 0 amide bonds. The number of aromatic nitrogens is 3. The summed E-state index contributed by atoms with van der Waals surface area (Å²) >= 11 is 6.36. The predicted molar refractivity (Wildman–Crippen MR) is 128 cm³/mol. The molecule has 0 N–H and O–H groups in total. The summed E-state index contributed by atoms with van der Waals surface area (Å²) in [5.41, 5.74) is 0.550. The maximum atomic E-state index is 8.63. The van der Waals surface area contributed by atoms with Crippen molar-refractivity contribution in [3.05, 3.63) is 102 Å². The first kappa shape index (κ1) is 12.1. The zero-order valence-electron chi connectivity index (χ0n) is 22.9. The van der Waals surface area contributed by atoms with Crippen LogP contribution in [-0.4, -0.2) is 15.0 Å². The molecule has 3 nitrogen and oxygen atoms in total. The maximum absolute atomic E-state index is 8.63. The number of fused-ring (bicyclic) bond motifs is 4. The lowest BCUT2D eigenvalue weighted by Gasteiger charge is -2.11. The standard InChI is InChI=1S/C27H16ClN3/c28-27-30-25(23-15-7-10-17-8-1-3-11-19(17)23)29-26(31-27)24-16-18-9-2-4-12-20(18)21-13-5-6-14-22(21)24/h1-16H/i1D,3D,7D,8D,10D,11D,15D. The molecule has 0 atom stereocenters. The molecule has 146 valence electrons. The van der Waals surface area contributed by atoms with E-state index in [-0.39, 0.29) is 33.3 Å². The van der Waals surface area contributed by atoms with Crippen molar-refractivity contribution in [1.82, 2.24) is 15.0 Å². The van der Waals surface area contributed by atoms with Crippen LogP contribution in [0.3, 0.4) is 0 Å². The van der Waals surface area contributed by atoms with Crippen LogP contribution >= 0.6 is 11.6 Å². The predicted octanol–water partition coefficient (Wildman–Crippen LogP) is 7.32. The highest BCUT2D eigenvalue weighted by molar-refractivity contribution is 6.28. The second kappa shape index (κ2) is 7.15. The Morgan fingerprint density at radius 2 is 1.26 bits per heavy atom. The Labute approximate surface area is 193 Å². The Morgan fingerprint density at radius 1 is 0.581 bits per heavy atom. The summed E-state index contributed by atoms with van der Waals surface area (Å²) in [6, 6.07) is 14.2. The molecule has 0 aliphatic rings. The van der Waals surface area contributed by atoms with Gasteiger partial charge in [-0.15, -0.1) is 0 Å². The molecule has 0 radical (unpaired) electrons. The lowest BCUT2D eigenvalue weighted by molar-refractivity contribution is 1.07. The first-order valence-electron chi connectivity index (χ1n) is 13.0. The molecule has 0 saturated heterocycles. The van der Waals surface area contributed by atoms with Crippen molar-refractivity contribution in [3.8, 4) is 22.8 Å². The van der Waals surface area contributed by atoms with Gasteiger partial charge in [-0.3, -0.25) is 0 Å².